The Labute approximate surface area is 99.3 Å². The van der Waals surface area contributed by atoms with Gasteiger partial charge in [0.1, 0.15) is 18.3 Å². The second kappa shape index (κ2) is 6.27. The average molecular weight is 249 g/mol. The molecule has 1 aliphatic rings. The summed E-state index contributed by atoms with van der Waals surface area (Å²) in [5, 5.41) is 31.0. The second-order valence-electron chi connectivity index (χ2n) is 4.04. The van der Waals surface area contributed by atoms with Gasteiger partial charge in [-0.1, -0.05) is 0 Å². The minimum atomic E-state index is -1.31. The number of carbonyl (C=O) groups is 1. The maximum atomic E-state index is 10.6. The Balaban J connectivity index is 2.35. The lowest BCUT2D eigenvalue weighted by molar-refractivity contribution is -0.292. The number of rotatable bonds is 4. The minimum Gasteiger partial charge on any atom is -0.388 e. The van der Waals surface area contributed by atoms with Crippen molar-refractivity contribution >= 4 is 5.91 Å². The van der Waals surface area contributed by atoms with E-state index in [0.29, 0.717) is 0 Å². The Morgan fingerprint density at radius 2 is 1.94 bits per heavy atom. The van der Waals surface area contributed by atoms with Crippen LogP contribution in [0.15, 0.2) is 0 Å². The van der Waals surface area contributed by atoms with Crippen molar-refractivity contribution in [2.24, 2.45) is 0 Å². The molecule has 5 unspecified atom stereocenters. The topological polar surface area (TPSA) is 108 Å². The molecule has 100 valence electrons. The standard InChI is InChI=1S/C10H19NO6/c1-5-7(13)8(14)9(15)10(17-5)16-4-3-11-6(2)12/h5,7-10,13-15H,3-4H2,1-2H3,(H,11,12). The van der Waals surface area contributed by atoms with Crippen LogP contribution in [0.2, 0.25) is 0 Å². The van der Waals surface area contributed by atoms with E-state index in [-0.39, 0.29) is 19.1 Å². The molecule has 0 aromatic rings. The van der Waals surface area contributed by atoms with E-state index in [9.17, 15) is 20.1 Å². The minimum absolute atomic E-state index is 0.150. The van der Waals surface area contributed by atoms with Crippen LogP contribution in [0.5, 0.6) is 0 Å². The fourth-order valence-corrected chi connectivity index (χ4v) is 1.55. The van der Waals surface area contributed by atoms with Gasteiger partial charge in [0.15, 0.2) is 6.29 Å². The van der Waals surface area contributed by atoms with Crippen molar-refractivity contribution < 1.29 is 29.6 Å². The fraction of sp³-hybridized carbons (Fsp3) is 0.900. The molecular weight excluding hydrogens is 230 g/mol. The van der Waals surface area contributed by atoms with Gasteiger partial charge in [-0.05, 0) is 6.92 Å². The maximum absolute atomic E-state index is 10.6. The zero-order valence-electron chi connectivity index (χ0n) is 9.87. The predicted octanol–water partition coefficient (Wildman–Crippen LogP) is -2.03. The summed E-state index contributed by atoms with van der Waals surface area (Å²) < 4.78 is 10.4. The Morgan fingerprint density at radius 3 is 2.53 bits per heavy atom. The van der Waals surface area contributed by atoms with Gasteiger partial charge < -0.3 is 30.1 Å². The van der Waals surface area contributed by atoms with Gasteiger partial charge in [0, 0.05) is 13.5 Å². The van der Waals surface area contributed by atoms with Crippen molar-refractivity contribution in [2.75, 3.05) is 13.2 Å². The third kappa shape index (κ3) is 3.90. The van der Waals surface area contributed by atoms with Crippen LogP contribution in [0, 0.1) is 0 Å². The monoisotopic (exact) mass is 249 g/mol. The molecule has 5 atom stereocenters. The number of hydrogen-bond donors (Lipinski definition) is 4. The van der Waals surface area contributed by atoms with Crippen LogP contribution < -0.4 is 5.32 Å². The molecular formula is C10H19NO6. The summed E-state index contributed by atoms with van der Waals surface area (Å²) in [5.41, 5.74) is 0. The van der Waals surface area contributed by atoms with Crippen molar-refractivity contribution in [1.82, 2.24) is 5.32 Å². The molecule has 1 aliphatic heterocycles. The van der Waals surface area contributed by atoms with Crippen LogP contribution >= 0.6 is 0 Å². The number of carbonyl (C=O) groups excluding carboxylic acids is 1. The number of amides is 1. The summed E-state index contributed by atoms with van der Waals surface area (Å²) in [6.07, 6.45) is -5.38. The van der Waals surface area contributed by atoms with Crippen molar-refractivity contribution in [2.45, 2.75) is 44.6 Å². The van der Waals surface area contributed by atoms with Crippen LogP contribution in [-0.4, -0.2) is 65.1 Å². The van der Waals surface area contributed by atoms with Gasteiger partial charge >= 0.3 is 0 Å². The molecule has 7 heteroatoms. The van der Waals surface area contributed by atoms with Crippen molar-refractivity contribution in [3.63, 3.8) is 0 Å². The van der Waals surface area contributed by atoms with Crippen LogP contribution in [-0.2, 0) is 14.3 Å². The lowest BCUT2D eigenvalue weighted by Crippen LogP contribution is -2.57. The summed E-state index contributed by atoms with van der Waals surface area (Å²) in [7, 11) is 0. The van der Waals surface area contributed by atoms with Gasteiger partial charge in [-0.3, -0.25) is 4.79 Å². The van der Waals surface area contributed by atoms with Gasteiger partial charge in [-0.15, -0.1) is 0 Å². The molecule has 0 aliphatic carbocycles. The summed E-state index contributed by atoms with van der Waals surface area (Å²) >= 11 is 0. The van der Waals surface area contributed by atoms with E-state index in [1.807, 2.05) is 0 Å². The van der Waals surface area contributed by atoms with Crippen molar-refractivity contribution in [3.8, 4) is 0 Å². The SMILES string of the molecule is CC(=O)NCCOC1OC(C)C(O)C(O)C1O. The Kier molecular flexibility index (Phi) is 5.29. The van der Waals surface area contributed by atoms with E-state index < -0.39 is 30.7 Å². The van der Waals surface area contributed by atoms with Crippen LogP contribution in [0.25, 0.3) is 0 Å². The highest BCUT2D eigenvalue weighted by molar-refractivity contribution is 5.72. The molecule has 0 aromatic carbocycles. The lowest BCUT2D eigenvalue weighted by atomic mass is 10.0. The Morgan fingerprint density at radius 1 is 1.29 bits per heavy atom. The highest BCUT2D eigenvalue weighted by atomic mass is 16.7. The first-order valence-electron chi connectivity index (χ1n) is 5.49. The number of aliphatic hydroxyl groups excluding tert-OH is 3. The molecule has 1 rings (SSSR count). The number of aliphatic hydroxyl groups is 3. The van der Waals surface area contributed by atoms with E-state index in [0.717, 1.165) is 0 Å². The Bertz CT molecular complexity index is 261. The first kappa shape index (κ1) is 14.3. The van der Waals surface area contributed by atoms with Crippen LogP contribution in [0.1, 0.15) is 13.8 Å². The quantitative estimate of drug-likeness (QED) is 0.428. The summed E-state index contributed by atoms with van der Waals surface area (Å²) in [6.45, 7) is 3.39. The highest BCUT2D eigenvalue weighted by Gasteiger charge is 2.42. The molecule has 17 heavy (non-hydrogen) atoms. The molecule has 7 nitrogen and oxygen atoms in total. The third-order valence-corrected chi connectivity index (χ3v) is 2.57. The molecule has 1 saturated heterocycles. The molecule has 0 aromatic heterocycles. The molecule has 0 spiro atoms. The van der Waals surface area contributed by atoms with Crippen molar-refractivity contribution in [1.29, 1.82) is 0 Å². The fourth-order valence-electron chi connectivity index (χ4n) is 1.55. The first-order valence-corrected chi connectivity index (χ1v) is 5.49. The number of ether oxygens (including phenoxy) is 2. The van der Waals surface area contributed by atoms with E-state index in [1.165, 1.54) is 6.92 Å². The smallest absolute Gasteiger partial charge is 0.216 e. The summed E-state index contributed by atoms with van der Waals surface area (Å²) in [4.78, 5) is 10.6. The van der Waals surface area contributed by atoms with Gasteiger partial charge in [0.25, 0.3) is 0 Å². The zero-order chi connectivity index (χ0) is 13.0. The van der Waals surface area contributed by atoms with E-state index in [2.05, 4.69) is 5.32 Å². The Hall–Kier alpha value is -0.730. The largest absolute Gasteiger partial charge is 0.388 e. The van der Waals surface area contributed by atoms with Crippen LogP contribution in [0.3, 0.4) is 0 Å². The highest BCUT2D eigenvalue weighted by Crippen LogP contribution is 2.21. The predicted molar refractivity (Wildman–Crippen MR) is 57.0 cm³/mol. The average Bonchev–Trinajstić information content (AvgIpc) is 2.27. The molecule has 0 radical (unpaired) electrons. The molecule has 1 heterocycles. The number of nitrogens with one attached hydrogen (secondary N) is 1. The van der Waals surface area contributed by atoms with E-state index in [4.69, 9.17) is 9.47 Å². The second-order valence-corrected chi connectivity index (χ2v) is 4.04. The number of hydrogen-bond acceptors (Lipinski definition) is 6. The molecule has 4 N–H and O–H groups in total. The van der Waals surface area contributed by atoms with E-state index in [1.54, 1.807) is 6.92 Å². The van der Waals surface area contributed by atoms with Gasteiger partial charge in [-0.25, -0.2) is 0 Å². The summed E-state index contributed by atoms with van der Waals surface area (Å²) in [6, 6.07) is 0. The lowest BCUT2D eigenvalue weighted by Gasteiger charge is -2.38. The first-order chi connectivity index (χ1) is 7.93. The summed E-state index contributed by atoms with van der Waals surface area (Å²) in [5.74, 6) is -0.178. The van der Waals surface area contributed by atoms with Crippen molar-refractivity contribution in [3.05, 3.63) is 0 Å². The van der Waals surface area contributed by atoms with Gasteiger partial charge in [-0.2, -0.15) is 0 Å². The molecule has 1 amide bonds. The van der Waals surface area contributed by atoms with Gasteiger partial charge in [0.05, 0.1) is 12.7 Å². The normalized spacial score (nSPS) is 37.8. The third-order valence-electron chi connectivity index (χ3n) is 2.57. The zero-order valence-corrected chi connectivity index (χ0v) is 9.87. The maximum Gasteiger partial charge on any atom is 0.216 e. The van der Waals surface area contributed by atoms with Crippen LogP contribution in [0.4, 0.5) is 0 Å². The van der Waals surface area contributed by atoms with Gasteiger partial charge in [0.2, 0.25) is 5.91 Å². The molecule has 1 fully saturated rings. The van der Waals surface area contributed by atoms with E-state index >= 15 is 0 Å². The molecule has 0 bridgehead atoms. The molecule has 0 saturated carbocycles.